The van der Waals surface area contributed by atoms with E-state index in [1.807, 2.05) is 0 Å². The molecule has 0 saturated heterocycles. The van der Waals surface area contributed by atoms with E-state index in [9.17, 15) is 4.79 Å². The lowest BCUT2D eigenvalue weighted by atomic mass is 9.98. The first kappa shape index (κ1) is 17.1. The van der Waals surface area contributed by atoms with Crippen molar-refractivity contribution in [2.45, 2.75) is 56.7 Å². The summed E-state index contributed by atoms with van der Waals surface area (Å²) >= 11 is 1.76. The summed E-state index contributed by atoms with van der Waals surface area (Å²) < 4.78 is 5.03. The van der Waals surface area contributed by atoms with Crippen LogP contribution in [0.25, 0.3) is 0 Å². The van der Waals surface area contributed by atoms with Crippen LogP contribution in [-0.2, 0) is 9.53 Å². The van der Waals surface area contributed by atoms with Gasteiger partial charge in [-0.15, -0.1) is 11.8 Å². The summed E-state index contributed by atoms with van der Waals surface area (Å²) in [6, 6.07) is 6.40. The average molecular weight is 295 g/mol. The molecular weight excluding hydrogens is 270 g/mol. The number of ether oxygens (including phenoxy) is 1. The predicted molar refractivity (Wildman–Crippen MR) is 85.1 cm³/mol. The minimum Gasteiger partial charge on any atom is -0.465 e. The maximum atomic E-state index is 11.8. The zero-order chi connectivity index (χ0) is 15.3. The highest BCUT2D eigenvalue weighted by molar-refractivity contribution is 8.00. The maximum absolute atomic E-state index is 11.8. The van der Waals surface area contributed by atoms with Gasteiger partial charge in [0.25, 0.3) is 0 Å². The first-order valence-corrected chi connectivity index (χ1v) is 7.84. The molecule has 2 atom stereocenters. The molecule has 20 heavy (non-hydrogen) atoms. The standard InChI is InChI=1S/C16H25NO2S/c1-6-19-15(18)16(5,17)10-13(4)20-14-9-11(2)7-8-12(14)3/h7-9,13H,6,10,17H2,1-5H3. The van der Waals surface area contributed by atoms with Crippen molar-refractivity contribution in [1.29, 1.82) is 0 Å². The molecule has 0 amide bonds. The third-order valence-corrected chi connectivity index (χ3v) is 4.39. The van der Waals surface area contributed by atoms with Crippen LogP contribution in [0.2, 0.25) is 0 Å². The lowest BCUT2D eigenvalue weighted by Crippen LogP contribution is -2.47. The van der Waals surface area contributed by atoms with Gasteiger partial charge in [0.2, 0.25) is 0 Å². The van der Waals surface area contributed by atoms with Gasteiger partial charge in [-0.05, 0) is 45.7 Å². The van der Waals surface area contributed by atoms with E-state index in [1.165, 1.54) is 16.0 Å². The second kappa shape index (κ2) is 7.14. The Morgan fingerprint density at radius 2 is 2.10 bits per heavy atom. The normalized spacial score (nSPS) is 15.5. The van der Waals surface area contributed by atoms with Gasteiger partial charge in [0.15, 0.2) is 0 Å². The smallest absolute Gasteiger partial charge is 0.325 e. The minimum absolute atomic E-state index is 0.245. The number of hydrogen-bond acceptors (Lipinski definition) is 4. The van der Waals surface area contributed by atoms with Crippen molar-refractivity contribution in [3.63, 3.8) is 0 Å². The average Bonchev–Trinajstić information content (AvgIpc) is 2.33. The molecule has 0 radical (unpaired) electrons. The van der Waals surface area contributed by atoms with Crippen molar-refractivity contribution in [3.8, 4) is 0 Å². The van der Waals surface area contributed by atoms with Crippen molar-refractivity contribution >= 4 is 17.7 Å². The fourth-order valence-corrected chi connectivity index (χ4v) is 3.44. The molecule has 3 nitrogen and oxygen atoms in total. The van der Waals surface area contributed by atoms with Crippen LogP contribution in [0.1, 0.15) is 38.3 Å². The number of rotatable bonds is 6. The van der Waals surface area contributed by atoms with Gasteiger partial charge in [-0.3, -0.25) is 4.79 Å². The Hall–Kier alpha value is -1.00. The Balaban J connectivity index is 2.69. The Kier molecular flexibility index (Phi) is 6.08. The number of hydrogen-bond donors (Lipinski definition) is 1. The van der Waals surface area contributed by atoms with Gasteiger partial charge in [0.1, 0.15) is 5.54 Å². The number of thioether (sulfide) groups is 1. The molecule has 1 aromatic carbocycles. The Labute approximate surface area is 126 Å². The molecule has 2 unspecified atom stereocenters. The third-order valence-electron chi connectivity index (χ3n) is 3.13. The fourth-order valence-electron chi connectivity index (χ4n) is 2.07. The second-order valence-electron chi connectivity index (χ2n) is 5.54. The highest BCUT2D eigenvalue weighted by Crippen LogP contribution is 2.31. The zero-order valence-electron chi connectivity index (χ0n) is 13.0. The third kappa shape index (κ3) is 4.84. The highest BCUT2D eigenvalue weighted by Gasteiger charge is 2.32. The van der Waals surface area contributed by atoms with Gasteiger partial charge < -0.3 is 10.5 Å². The van der Waals surface area contributed by atoms with Gasteiger partial charge in [-0.1, -0.05) is 24.6 Å². The van der Waals surface area contributed by atoms with Crippen LogP contribution in [0.3, 0.4) is 0 Å². The quantitative estimate of drug-likeness (QED) is 0.645. The monoisotopic (exact) mass is 295 g/mol. The van der Waals surface area contributed by atoms with Crippen LogP contribution < -0.4 is 5.73 Å². The molecule has 0 saturated carbocycles. The van der Waals surface area contributed by atoms with Crippen molar-refractivity contribution in [2.24, 2.45) is 5.73 Å². The highest BCUT2D eigenvalue weighted by atomic mass is 32.2. The van der Waals surface area contributed by atoms with Gasteiger partial charge >= 0.3 is 5.97 Å². The summed E-state index contributed by atoms with van der Waals surface area (Å²) in [7, 11) is 0. The van der Waals surface area contributed by atoms with Crippen LogP contribution in [0.4, 0.5) is 0 Å². The summed E-state index contributed by atoms with van der Waals surface area (Å²) in [4.78, 5) is 13.1. The molecule has 4 heteroatoms. The van der Waals surface area contributed by atoms with Gasteiger partial charge in [0.05, 0.1) is 6.61 Å². The van der Waals surface area contributed by atoms with E-state index in [0.717, 1.165) is 0 Å². The second-order valence-corrected chi connectivity index (χ2v) is 7.02. The largest absolute Gasteiger partial charge is 0.465 e. The lowest BCUT2D eigenvalue weighted by molar-refractivity contribution is -0.149. The molecule has 0 heterocycles. The summed E-state index contributed by atoms with van der Waals surface area (Å²) in [5.41, 5.74) is 7.64. The molecule has 0 aliphatic rings. The van der Waals surface area contributed by atoms with Gasteiger partial charge in [-0.2, -0.15) is 0 Å². The van der Waals surface area contributed by atoms with E-state index in [4.69, 9.17) is 10.5 Å². The van der Waals surface area contributed by atoms with E-state index >= 15 is 0 Å². The Bertz CT molecular complexity index is 472. The number of benzene rings is 1. The van der Waals surface area contributed by atoms with Gasteiger partial charge in [0, 0.05) is 10.1 Å². The SMILES string of the molecule is CCOC(=O)C(C)(N)CC(C)Sc1cc(C)ccc1C. The molecule has 1 rings (SSSR count). The van der Waals surface area contributed by atoms with Crippen molar-refractivity contribution in [3.05, 3.63) is 29.3 Å². The van der Waals surface area contributed by atoms with E-state index in [1.54, 1.807) is 25.6 Å². The van der Waals surface area contributed by atoms with Crippen LogP contribution in [0.15, 0.2) is 23.1 Å². The van der Waals surface area contributed by atoms with E-state index in [2.05, 4.69) is 39.0 Å². The molecule has 0 bridgehead atoms. The molecule has 0 aliphatic heterocycles. The van der Waals surface area contributed by atoms with Crippen LogP contribution in [0, 0.1) is 13.8 Å². The number of carbonyl (C=O) groups is 1. The summed E-state index contributed by atoms with van der Waals surface area (Å²) in [5.74, 6) is -0.326. The molecule has 0 spiro atoms. The van der Waals surface area contributed by atoms with Crippen molar-refractivity contribution in [2.75, 3.05) is 6.61 Å². The topological polar surface area (TPSA) is 52.3 Å². The fraction of sp³-hybridized carbons (Fsp3) is 0.562. The summed E-state index contributed by atoms with van der Waals surface area (Å²) in [6.07, 6.45) is 0.587. The van der Waals surface area contributed by atoms with Crippen LogP contribution in [0.5, 0.6) is 0 Å². The van der Waals surface area contributed by atoms with E-state index in [-0.39, 0.29) is 11.2 Å². The number of esters is 1. The molecule has 1 aromatic rings. The first-order valence-electron chi connectivity index (χ1n) is 6.96. The molecule has 0 fully saturated rings. The van der Waals surface area contributed by atoms with Gasteiger partial charge in [-0.25, -0.2) is 0 Å². The van der Waals surface area contributed by atoms with E-state index in [0.29, 0.717) is 13.0 Å². The minimum atomic E-state index is -0.930. The Morgan fingerprint density at radius 1 is 1.45 bits per heavy atom. The van der Waals surface area contributed by atoms with Crippen molar-refractivity contribution < 1.29 is 9.53 Å². The molecule has 2 N–H and O–H groups in total. The molecular formula is C16H25NO2S. The van der Waals surface area contributed by atoms with Crippen molar-refractivity contribution in [1.82, 2.24) is 0 Å². The number of nitrogens with two attached hydrogens (primary N) is 1. The molecule has 112 valence electrons. The van der Waals surface area contributed by atoms with Crippen LogP contribution >= 0.6 is 11.8 Å². The summed E-state index contributed by atoms with van der Waals surface area (Å²) in [6.45, 7) is 10.2. The predicted octanol–water partition coefficient (Wildman–Crippen LogP) is 3.45. The summed E-state index contributed by atoms with van der Waals surface area (Å²) in [5, 5.41) is 0.245. The number of aryl methyl sites for hydroxylation is 2. The Morgan fingerprint density at radius 3 is 2.70 bits per heavy atom. The maximum Gasteiger partial charge on any atom is 0.325 e. The first-order chi connectivity index (χ1) is 9.26. The lowest BCUT2D eigenvalue weighted by Gasteiger charge is -2.25. The van der Waals surface area contributed by atoms with Crippen LogP contribution in [-0.4, -0.2) is 23.4 Å². The molecule has 0 aromatic heterocycles. The number of carbonyl (C=O) groups excluding carboxylic acids is 1. The van der Waals surface area contributed by atoms with E-state index < -0.39 is 5.54 Å². The zero-order valence-corrected chi connectivity index (χ0v) is 13.8. The molecule has 0 aliphatic carbocycles.